The molecule has 0 unspecified atom stereocenters. The lowest BCUT2D eigenvalue weighted by Crippen LogP contribution is -1.99. The third kappa shape index (κ3) is 8.39. The van der Waals surface area contributed by atoms with Gasteiger partial charge in [0.2, 0.25) is 0 Å². The van der Waals surface area contributed by atoms with Crippen molar-refractivity contribution in [2.24, 2.45) is 0 Å². The van der Waals surface area contributed by atoms with Crippen LogP contribution in [0.25, 0.3) is 22.3 Å². The van der Waals surface area contributed by atoms with Gasteiger partial charge in [-0.2, -0.15) is 0 Å². The molecule has 0 amide bonds. The van der Waals surface area contributed by atoms with E-state index in [-0.39, 0.29) is 0 Å². The molecule has 1 heterocycles. The Morgan fingerprint density at radius 3 is 2.11 bits per heavy atom. The molecule has 0 aliphatic carbocycles. The maximum atomic E-state index is 4.75. The lowest BCUT2D eigenvalue weighted by atomic mass is 10.2. The molecule has 2 rings (SSSR count). The van der Waals surface area contributed by atoms with Gasteiger partial charge in [0.25, 0.3) is 0 Å². The van der Waals surface area contributed by atoms with Crippen molar-refractivity contribution in [3.63, 3.8) is 0 Å². The van der Waals surface area contributed by atoms with Crippen LogP contribution in [-0.4, -0.2) is 9.55 Å². The molecule has 1 aromatic carbocycles. The summed E-state index contributed by atoms with van der Waals surface area (Å²) in [6.45, 7) is 24.1. The third-order valence-corrected chi connectivity index (χ3v) is 3.19. The van der Waals surface area contributed by atoms with Gasteiger partial charge in [-0.1, -0.05) is 104 Å². The number of para-hydroxylation sites is 2. The van der Waals surface area contributed by atoms with Crippen LogP contribution in [0.3, 0.4) is 0 Å². The highest BCUT2D eigenvalue weighted by Crippen LogP contribution is 2.26. The van der Waals surface area contributed by atoms with Gasteiger partial charge < -0.3 is 0 Å². The van der Waals surface area contributed by atoms with Crippen molar-refractivity contribution in [1.82, 2.24) is 9.55 Å². The Bertz CT molecular complexity index is 771. The van der Waals surface area contributed by atoms with Crippen LogP contribution in [-0.2, 0) is 0 Å². The fraction of sp³-hybridized carbons (Fsp3) is 0.346. The van der Waals surface area contributed by atoms with Gasteiger partial charge in [-0.3, -0.25) is 4.57 Å². The summed E-state index contributed by atoms with van der Waals surface area (Å²) >= 11 is 0. The minimum absolute atomic E-state index is 0.863. The van der Waals surface area contributed by atoms with Gasteiger partial charge in [0.15, 0.2) is 0 Å². The average molecular weight is 381 g/mol. The van der Waals surface area contributed by atoms with Crippen molar-refractivity contribution in [3.8, 4) is 0 Å². The summed E-state index contributed by atoms with van der Waals surface area (Å²) in [4.78, 5) is 4.75. The van der Waals surface area contributed by atoms with E-state index in [9.17, 15) is 0 Å². The van der Waals surface area contributed by atoms with Gasteiger partial charge in [-0.15, -0.1) is 0 Å². The molecule has 2 nitrogen and oxygen atoms in total. The topological polar surface area (TPSA) is 17.8 Å². The molecule has 0 saturated carbocycles. The predicted octanol–water partition coefficient (Wildman–Crippen LogP) is 8.70. The van der Waals surface area contributed by atoms with Gasteiger partial charge >= 0.3 is 0 Å². The van der Waals surface area contributed by atoms with Gasteiger partial charge in [0.1, 0.15) is 5.82 Å². The molecule has 0 fully saturated rings. The molecular formula is C26H40N2. The molecular weight excluding hydrogens is 340 g/mol. The second-order valence-electron chi connectivity index (χ2n) is 5.30. The van der Waals surface area contributed by atoms with Gasteiger partial charge in [-0.25, -0.2) is 4.98 Å². The highest BCUT2D eigenvalue weighted by Gasteiger charge is 2.13. The molecule has 0 N–H and O–H groups in total. The van der Waals surface area contributed by atoms with Crippen molar-refractivity contribution in [1.29, 1.82) is 0 Å². The molecule has 0 aliphatic heterocycles. The number of hydrogen-bond acceptors (Lipinski definition) is 1. The van der Waals surface area contributed by atoms with Crippen LogP contribution in [0.1, 0.15) is 67.6 Å². The Morgan fingerprint density at radius 1 is 1.04 bits per heavy atom. The zero-order chi connectivity index (χ0) is 21.9. The normalized spacial score (nSPS) is 10.5. The minimum atomic E-state index is 0.863. The number of allylic oxidation sites excluding steroid dienone is 8. The minimum Gasteiger partial charge on any atom is -0.293 e. The number of aromatic nitrogens is 2. The molecule has 0 atom stereocenters. The second kappa shape index (κ2) is 17.8. The summed E-state index contributed by atoms with van der Waals surface area (Å²) in [6, 6.07) is 8.08. The van der Waals surface area contributed by atoms with E-state index in [1.165, 1.54) is 6.42 Å². The Labute approximate surface area is 173 Å². The maximum Gasteiger partial charge on any atom is 0.145 e. The summed E-state index contributed by atoms with van der Waals surface area (Å²) in [5, 5.41) is 0. The largest absolute Gasteiger partial charge is 0.293 e. The first kappa shape index (κ1) is 27.6. The zero-order valence-corrected chi connectivity index (χ0v) is 19.3. The van der Waals surface area contributed by atoms with Crippen LogP contribution in [0, 0.1) is 0 Å². The number of fused-ring (bicyclic) bond motifs is 1. The molecule has 0 saturated heterocycles. The second-order valence-corrected chi connectivity index (χ2v) is 5.30. The molecule has 0 spiro atoms. The number of nitrogens with zero attached hydrogens (tertiary/aromatic N) is 2. The molecule has 1 aromatic heterocycles. The first-order valence-corrected chi connectivity index (χ1v) is 10.4. The lowest BCUT2D eigenvalue weighted by molar-refractivity contribution is 1.09. The summed E-state index contributed by atoms with van der Waals surface area (Å²) < 4.78 is 2.07. The first-order valence-electron chi connectivity index (χ1n) is 10.4. The van der Waals surface area contributed by atoms with Crippen LogP contribution >= 0.6 is 0 Å². The Kier molecular flexibility index (Phi) is 17.5. The maximum absolute atomic E-state index is 4.75. The van der Waals surface area contributed by atoms with E-state index in [1.807, 2.05) is 78.0 Å². The van der Waals surface area contributed by atoms with Gasteiger partial charge in [0, 0.05) is 11.3 Å². The highest BCUT2D eigenvalue weighted by molar-refractivity contribution is 5.86. The van der Waals surface area contributed by atoms with Crippen LogP contribution in [0.2, 0.25) is 0 Å². The summed E-state index contributed by atoms with van der Waals surface area (Å²) in [6.07, 6.45) is 12.9. The van der Waals surface area contributed by atoms with E-state index < -0.39 is 0 Å². The van der Waals surface area contributed by atoms with E-state index in [4.69, 9.17) is 4.98 Å². The fourth-order valence-corrected chi connectivity index (χ4v) is 2.24. The Hall–Kier alpha value is -2.61. The van der Waals surface area contributed by atoms with Gasteiger partial charge in [0.05, 0.1) is 11.0 Å². The third-order valence-electron chi connectivity index (χ3n) is 3.19. The molecule has 0 aliphatic rings. The monoisotopic (exact) mass is 380 g/mol. The van der Waals surface area contributed by atoms with Crippen LogP contribution in [0.15, 0.2) is 73.9 Å². The Morgan fingerprint density at radius 2 is 1.61 bits per heavy atom. The standard InChI is InChI=1S/C19H20N2.C3H8.2C2H6/c1-5-8-12-15(4)21-18-14-10-9-13-17(18)20-19(21)16(7-3)11-6-2;1-3-2;2*1-2/h5-14H,1,4H2,2-3H3;3H2,1-2H3;2*1-2H3/b11-6-,12-8-,16-7+;;;. The number of benzene rings is 1. The van der Waals surface area contributed by atoms with E-state index in [0.717, 1.165) is 28.1 Å². The smallest absolute Gasteiger partial charge is 0.145 e. The molecule has 0 bridgehead atoms. The molecule has 154 valence electrons. The van der Waals surface area contributed by atoms with Crippen molar-refractivity contribution >= 4 is 22.3 Å². The quantitative estimate of drug-likeness (QED) is 0.474. The number of hydrogen-bond donors (Lipinski definition) is 0. The molecule has 2 heteroatoms. The average Bonchev–Trinajstić information content (AvgIpc) is 3.13. The fourth-order valence-electron chi connectivity index (χ4n) is 2.24. The first-order chi connectivity index (χ1) is 13.6. The molecule has 0 radical (unpaired) electrons. The SMILES string of the molecule is C=C/C=C\C(=C)n1c(C(/C=C\C)=C/C)nc2ccccc21.CC.CC.CCC. The van der Waals surface area contributed by atoms with Crippen molar-refractivity contribution in [2.45, 2.75) is 61.8 Å². The van der Waals surface area contributed by atoms with E-state index >= 15 is 0 Å². The number of imidazole rings is 1. The summed E-state index contributed by atoms with van der Waals surface area (Å²) in [5.74, 6) is 0.899. The molecule has 2 aromatic rings. The van der Waals surface area contributed by atoms with Gasteiger partial charge in [-0.05, 0) is 32.1 Å². The Balaban J connectivity index is 0. The van der Waals surface area contributed by atoms with Crippen LogP contribution < -0.4 is 0 Å². The summed E-state index contributed by atoms with van der Waals surface area (Å²) in [5.41, 5.74) is 3.95. The van der Waals surface area contributed by atoms with Crippen molar-refractivity contribution < 1.29 is 0 Å². The number of rotatable bonds is 5. The highest BCUT2D eigenvalue weighted by atomic mass is 15.1. The van der Waals surface area contributed by atoms with Crippen LogP contribution in [0.5, 0.6) is 0 Å². The van der Waals surface area contributed by atoms with Crippen molar-refractivity contribution in [2.75, 3.05) is 0 Å². The van der Waals surface area contributed by atoms with E-state index in [1.54, 1.807) is 6.08 Å². The van der Waals surface area contributed by atoms with E-state index in [2.05, 4.69) is 49.8 Å². The lowest BCUT2D eigenvalue weighted by Gasteiger charge is -2.09. The predicted molar refractivity (Wildman–Crippen MR) is 132 cm³/mol. The summed E-state index contributed by atoms with van der Waals surface area (Å²) in [7, 11) is 0. The zero-order valence-electron chi connectivity index (χ0n) is 19.3. The molecule has 28 heavy (non-hydrogen) atoms. The van der Waals surface area contributed by atoms with Crippen LogP contribution in [0.4, 0.5) is 0 Å². The van der Waals surface area contributed by atoms with E-state index in [0.29, 0.717) is 0 Å². The van der Waals surface area contributed by atoms with Crippen molar-refractivity contribution in [3.05, 3.63) is 79.7 Å².